The van der Waals surface area contributed by atoms with E-state index in [1.54, 1.807) is 0 Å². The second kappa shape index (κ2) is 11.7. The van der Waals surface area contributed by atoms with Crippen LogP contribution in [0.4, 0.5) is 0 Å². The largest absolute Gasteiger partial charge is 0.472 e. The van der Waals surface area contributed by atoms with Gasteiger partial charge in [0.2, 0.25) is 0 Å². The first-order chi connectivity index (χ1) is 10.5. The Kier molecular flexibility index (Phi) is 11.8. The van der Waals surface area contributed by atoms with Gasteiger partial charge in [0.15, 0.2) is 0 Å². The van der Waals surface area contributed by atoms with Crippen LogP contribution in [0.2, 0.25) is 0 Å². The first-order valence-electron chi connectivity index (χ1n) is 7.78. The number of phosphoric acid groups is 2. The van der Waals surface area contributed by atoms with Crippen LogP contribution < -0.4 is 0 Å². The van der Waals surface area contributed by atoms with Crippen molar-refractivity contribution in [2.24, 2.45) is 11.8 Å². The molecule has 0 fully saturated rings. The predicted molar refractivity (Wildman–Crippen MR) is 87.0 cm³/mol. The van der Waals surface area contributed by atoms with Gasteiger partial charge in [0.1, 0.15) is 0 Å². The first kappa shape index (κ1) is 23.2. The highest BCUT2D eigenvalue weighted by atomic mass is 31.2. The van der Waals surface area contributed by atoms with Gasteiger partial charge < -0.3 is 9.79 Å². The Morgan fingerprint density at radius 2 is 1.17 bits per heavy atom. The normalized spacial score (nSPS) is 17.4. The number of rotatable bonds is 14. The maximum absolute atomic E-state index is 11.5. The summed E-state index contributed by atoms with van der Waals surface area (Å²) in [5, 5.41) is 0. The average molecular weight is 376 g/mol. The summed E-state index contributed by atoms with van der Waals surface area (Å²) in [7, 11) is -8.15. The Morgan fingerprint density at radius 3 is 1.61 bits per heavy atom. The summed E-state index contributed by atoms with van der Waals surface area (Å²) in [6, 6.07) is 0. The van der Waals surface area contributed by atoms with Crippen LogP contribution in [0.3, 0.4) is 0 Å². The standard InChI is InChI=1S/C13H30O8P2/c1-12(2)7-5-8-18-22(14,15)19-9-6-10-20-23(16,17)21-11-13(3)4/h12-13H,5-11H2,1-4H3,(H,14,15)(H,16,17). The number of hydrogen-bond acceptors (Lipinski definition) is 6. The lowest BCUT2D eigenvalue weighted by molar-refractivity contribution is 0.117. The average Bonchev–Trinajstić information content (AvgIpc) is 2.41. The molecule has 2 unspecified atom stereocenters. The second-order valence-electron chi connectivity index (χ2n) is 6.02. The van der Waals surface area contributed by atoms with Crippen molar-refractivity contribution >= 4 is 15.6 Å². The van der Waals surface area contributed by atoms with Crippen molar-refractivity contribution in [2.45, 2.75) is 47.0 Å². The topological polar surface area (TPSA) is 112 Å². The minimum atomic E-state index is -4.08. The fourth-order valence-corrected chi connectivity index (χ4v) is 3.12. The summed E-state index contributed by atoms with van der Waals surface area (Å²) in [6.07, 6.45) is 1.74. The fourth-order valence-electron chi connectivity index (χ4n) is 1.41. The van der Waals surface area contributed by atoms with E-state index < -0.39 is 15.6 Å². The predicted octanol–water partition coefficient (Wildman–Crippen LogP) is 3.74. The van der Waals surface area contributed by atoms with Crippen molar-refractivity contribution < 1.29 is 37.0 Å². The maximum atomic E-state index is 11.5. The molecule has 0 aliphatic carbocycles. The molecule has 0 spiro atoms. The molecule has 0 bridgehead atoms. The van der Waals surface area contributed by atoms with Crippen molar-refractivity contribution in [3.05, 3.63) is 0 Å². The van der Waals surface area contributed by atoms with Crippen LogP contribution >= 0.6 is 15.6 Å². The molecule has 0 aromatic heterocycles. The molecule has 2 N–H and O–H groups in total. The molecule has 8 nitrogen and oxygen atoms in total. The van der Waals surface area contributed by atoms with Gasteiger partial charge in [-0.25, -0.2) is 9.13 Å². The third kappa shape index (κ3) is 15.5. The Hall–Kier alpha value is 0.220. The van der Waals surface area contributed by atoms with E-state index in [0.29, 0.717) is 12.3 Å². The van der Waals surface area contributed by atoms with Crippen LogP contribution in [-0.4, -0.2) is 36.2 Å². The molecular weight excluding hydrogens is 346 g/mol. The molecule has 10 heteroatoms. The zero-order chi connectivity index (χ0) is 17.9. The molecular formula is C13H30O8P2. The molecule has 2 atom stereocenters. The van der Waals surface area contributed by atoms with Crippen LogP contribution in [0.25, 0.3) is 0 Å². The quantitative estimate of drug-likeness (QED) is 0.348. The van der Waals surface area contributed by atoms with E-state index in [2.05, 4.69) is 13.8 Å². The fraction of sp³-hybridized carbons (Fsp3) is 1.00. The van der Waals surface area contributed by atoms with Gasteiger partial charge in [-0.05, 0) is 31.1 Å². The van der Waals surface area contributed by atoms with E-state index in [0.717, 1.165) is 6.42 Å². The third-order valence-electron chi connectivity index (χ3n) is 2.55. The van der Waals surface area contributed by atoms with Crippen molar-refractivity contribution in [1.29, 1.82) is 0 Å². The molecule has 0 saturated carbocycles. The molecule has 0 aromatic carbocycles. The van der Waals surface area contributed by atoms with Crippen LogP contribution in [0, 0.1) is 11.8 Å². The molecule has 0 aliphatic heterocycles. The van der Waals surface area contributed by atoms with E-state index >= 15 is 0 Å². The van der Waals surface area contributed by atoms with E-state index in [9.17, 15) is 18.9 Å². The van der Waals surface area contributed by atoms with Gasteiger partial charge in [-0.15, -0.1) is 0 Å². The van der Waals surface area contributed by atoms with E-state index in [1.807, 2.05) is 13.8 Å². The van der Waals surface area contributed by atoms with Gasteiger partial charge >= 0.3 is 15.6 Å². The summed E-state index contributed by atoms with van der Waals surface area (Å²) < 4.78 is 42.0. The van der Waals surface area contributed by atoms with Gasteiger partial charge in [-0.3, -0.25) is 18.1 Å². The number of phosphoric ester groups is 2. The molecule has 140 valence electrons. The van der Waals surface area contributed by atoms with E-state index in [4.69, 9.17) is 18.1 Å². The molecule has 0 heterocycles. The molecule has 0 saturated heterocycles. The van der Waals surface area contributed by atoms with E-state index in [1.165, 1.54) is 0 Å². The van der Waals surface area contributed by atoms with Gasteiger partial charge in [0.05, 0.1) is 26.4 Å². The summed E-state index contributed by atoms with van der Waals surface area (Å²) in [6.45, 7) is 7.81. The molecule has 0 rings (SSSR count). The lowest BCUT2D eigenvalue weighted by Gasteiger charge is -2.14. The molecule has 0 aromatic rings. The zero-order valence-corrected chi connectivity index (χ0v) is 16.1. The van der Waals surface area contributed by atoms with Gasteiger partial charge in [0.25, 0.3) is 0 Å². The zero-order valence-electron chi connectivity index (χ0n) is 14.3. The Labute approximate surface area is 138 Å². The first-order valence-corrected chi connectivity index (χ1v) is 10.8. The van der Waals surface area contributed by atoms with Crippen molar-refractivity contribution in [1.82, 2.24) is 0 Å². The van der Waals surface area contributed by atoms with Crippen molar-refractivity contribution in [3.8, 4) is 0 Å². The lowest BCUT2D eigenvalue weighted by atomic mass is 10.1. The van der Waals surface area contributed by atoms with E-state index in [-0.39, 0.29) is 38.8 Å². The molecule has 0 aliphatic rings. The molecule has 23 heavy (non-hydrogen) atoms. The van der Waals surface area contributed by atoms with Crippen molar-refractivity contribution in [3.63, 3.8) is 0 Å². The van der Waals surface area contributed by atoms with Gasteiger partial charge in [-0.2, -0.15) is 0 Å². The molecule has 0 radical (unpaired) electrons. The Morgan fingerprint density at radius 1 is 0.739 bits per heavy atom. The SMILES string of the molecule is CC(C)CCCOP(=O)(O)OCCCOP(=O)(O)OCC(C)C. The Balaban J connectivity index is 3.76. The summed E-state index contributed by atoms with van der Waals surface area (Å²) in [5.74, 6) is 0.609. The van der Waals surface area contributed by atoms with Gasteiger partial charge in [0, 0.05) is 0 Å². The maximum Gasteiger partial charge on any atom is 0.472 e. The third-order valence-corrected chi connectivity index (χ3v) is 4.55. The summed E-state index contributed by atoms with van der Waals surface area (Å²) in [5.41, 5.74) is 0. The van der Waals surface area contributed by atoms with Crippen molar-refractivity contribution in [2.75, 3.05) is 26.4 Å². The smallest absolute Gasteiger partial charge is 0.302 e. The van der Waals surface area contributed by atoms with Crippen LogP contribution in [0.15, 0.2) is 0 Å². The summed E-state index contributed by atoms with van der Waals surface area (Å²) in [4.78, 5) is 18.8. The summed E-state index contributed by atoms with van der Waals surface area (Å²) >= 11 is 0. The van der Waals surface area contributed by atoms with Crippen LogP contribution in [0.1, 0.15) is 47.0 Å². The minimum Gasteiger partial charge on any atom is -0.302 e. The monoisotopic (exact) mass is 376 g/mol. The number of hydrogen-bond donors (Lipinski definition) is 2. The van der Waals surface area contributed by atoms with Crippen LogP contribution in [0.5, 0.6) is 0 Å². The lowest BCUT2D eigenvalue weighted by Crippen LogP contribution is -2.05. The molecule has 0 amide bonds. The highest BCUT2D eigenvalue weighted by Gasteiger charge is 2.23. The van der Waals surface area contributed by atoms with Gasteiger partial charge in [-0.1, -0.05) is 27.7 Å². The van der Waals surface area contributed by atoms with Crippen LogP contribution in [-0.2, 0) is 27.2 Å². The second-order valence-corrected chi connectivity index (χ2v) is 8.92. The highest BCUT2D eigenvalue weighted by Crippen LogP contribution is 2.45. The highest BCUT2D eigenvalue weighted by molar-refractivity contribution is 7.47. The minimum absolute atomic E-state index is 0.107. The Bertz CT molecular complexity index is 399.